The zero-order valence-corrected chi connectivity index (χ0v) is 14.4. The summed E-state index contributed by atoms with van der Waals surface area (Å²) in [5, 5.41) is 10.5. The van der Waals surface area contributed by atoms with E-state index in [1.165, 1.54) is 6.07 Å². The highest BCUT2D eigenvalue weighted by Crippen LogP contribution is 2.39. The monoisotopic (exact) mass is 354 g/mol. The lowest BCUT2D eigenvalue weighted by Crippen LogP contribution is -2.04. The van der Waals surface area contributed by atoms with Gasteiger partial charge in [-0.15, -0.1) is 0 Å². The Kier molecular flexibility index (Phi) is 4.61. The Morgan fingerprint density at radius 2 is 1.40 bits per heavy atom. The van der Waals surface area contributed by atoms with Gasteiger partial charge in [-0.1, -0.05) is 67.6 Å². The molecule has 2 N–H and O–H groups in total. The number of hydrogen-bond donors (Lipinski definition) is 2. The summed E-state index contributed by atoms with van der Waals surface area (Å²) in [5.74, 6) is -0.663. The van der Waals surface area contributed by atoms with Crippen molar-refractivity contribution in [3.05, 3.63) is 83.9 Å². The maximum absolute atomic E-state index is 11.7. The minimum Gasteiger partial charge on any atom is -0.506 e. The lowest BCUT2D eigenvalue weighted by molar-refractivity contribution is 0.436. The van der Waals surface area contributed by atoms with Crippen molar-refractivity contribution in [2.75, 3.05) is 0 Å². The first-order valence-electron chi connectivity index (χ1n) is 7.82. The number of phenols is 1. The first-order valence-corrected chi connectivity index (χ1v) is 9.26. The molecule has 0 amide bonds. The number of hydrogen-bond acceptors (Lipinski definition) is 3. The molecule has 0 aromatic heterocycles. The minimum atomic E-state index is -4.55. The summed E-state index contributed by atoms with van der Waals surface area (Å²) in [5.41, 5.74) is 2.79. The summed E-state index contributed by atoms with van der Waals surface area (Å²) >= 11 is 0. The van der Waals surface area contributed by atoms with Gasteiger partial charge in [0.1, 0.15) is 10.6 Å². The van der Waals surface area contributed by atoms with E-state index in [-0.39, 0.29) is 5.92 Å². The Morgan fingerprint density at radius 3 is 1.96 bits per heavy atom. The van der Waals surface area contributed by atoms with Gasteiger partial charge in [-0.25, -0.2) is 0 Å². The highest BCUT2D eigenvalue weighted by atomic mass is 32.2. The third kappa shape index (κ3) is 3.57. The first kappa shape index (κ1) is 17.2. The molecule has 3 rings (SSSR count). The summed E-state index contributed by atoms with van der Waals surface area (Å²) < 4.78 is 33.0. The van der Waals surface area contributed by atoms with Crippen LogP contribution in [-0.4, -0.2) is 18.1 Å². The Labute approximate surface area is 147 Å². The fourth-order valence-corrected chi connectivity index (χ4v) is 3.51. The Hall–Kier alpha value is -2.63. The molecule has 0 fully saturated rings. The van der Waals surface area contributed by atoms with Gasteiger partial charge >= 0.3 is 0 Å². The lowest BCUT2D eigenvalue weighted by atomic mass is 9.90. The van der Waals surface area contributed by atoms with Gasteiger partial charge in [0.25, 0.3) is 10.1 Å². The van der Waals surface area contributed by atoms with E-state index in [2.05, 4.69) is 0 Å². The van der Waals surface area contributed by atoms with E-state index < -0.39 is 20.8 Å². The maximum atomic E-state index is 11.7. The lowest BCUT2D eigenvalue weighted by Gasteiger charge is -2.18. The van der Waals surface area contributed by atoms with Gasteiger partial charge in [-0.3, -0.25) is 4.55 Å². The molecule has 0 radical (unpaired) electrons. The van der Waals surface area contributed by atoms with Crippen molar-refractivity contribution in [1.82, 2.24) is 0 Å². The van der Waals surface area contributed by atoms with Crippen LogP contribution in [0.4, 0.5) is 0 Å². The molecule has 3 aromatic rings. The van der Waals surface area contributed by atoms with E-state index in [0.29, 0.717) is 11.1 Å². The van der Waals surface area contributed by atoms with Gasteiger partial charge < -0.3 is 5.11 Å². The summed E-state index contributed by atoms with van der Waals surface area (Å²) in [6, 6.07) is 21.8. The fourth-order valence-electron chi connectivity index (χ4n) is 2.87. The van der Waals surface area contributed by atoms with Gasteiger partial charge in [-0.2, -0.15) is 8.42 Å². The Balaban J connectivity index is 2.24. The van der Waals surface area contributed by atoms with E-state index in [0.717, 1.165) is 11.1 Å². The topological polar surface area (TPSA) is 74.6 Å². The van der Waals surface area contributed by atoms with Gasteiger partial charge in [0.2, 0.25) is 0 Å². The summed E-state index contributed by atoms with van der Waals surface area (Å²) in [4.78, 5) is -0.480. The Morgan fingerprint density at radius 1 is 0.840 bits per heavy atom. The quantitative estimate of drug-likeness (QED) is 0.679. The van der Waals surface area contributed by atoms with Crippen LogP contribution in [0.25, 0.3) is 11.1 Å². The first-order chi connectivity index (χ1) is 11.9. The van der Waals surface area contributed by atoms with Crippen molar-refractivity contribution >= 4 is 10.1 Å². The fraction of sp³-hybridized carbons (Fsp3) is 0.100. The molecule has 0 aliphatic carbocycles. The van der Waals surface area contributed by atoms with Crippen LogP contribution in [0.3, 0.4) is 0 Å². The molecule has 4 nitrogen and oxygen atoms in total. The molecule has 3 aromatic carbocycles. The normalized spacial score (nSPS) is 12.7. The molecule has 0 saturated carbocycles. The van der Waals surface area contributed by atoms with Crippen molar-refractivity contribution in [3.63, 3.8) is 0 Å². The van der Waals surface area contributed by atoms with Crippen molar-refractivity contribution in [1.29, 1.82) is 0 Å². The zero-order valence-electron chi connectivity index (χ0n) is 13.6. The second-order valence-electron chi connectivity index (χ2n) is 5.89. The molecule has 0 bridgehead atoms. The highest BCUT2D eigenvalue weighted by Gasteiger charge is 2.23. The van der Waals surface area contributed by atoms with Gasteiger partial charge in [0, 0.05) is 11.5 Å². The average molecular weight is 354 g/mol. The zero-order chi connectivity index (χ0) is 18.0. The van der Waals surface area contributed by atoms with Crippen LogP contribution in [0.1, 0.15) is 24.0 Å². The predicted octanol–water partition coefficient (Wildman–Crippen LogP) is 4.46. The molecule has 1 atom stereocenters. The molecular formula is C20H18O4S. The molecule has 0 saturated heterocycles. The highest BCUT2D eigenvalue weighted by molar-refractivity contribution is 7.86. The maximum Gasteiger partial charge on any atom is 0.298 e. The minimum absolute atomic E-state index is 0.245. The smallest absolute Gasteiger partial charge is 0.298 e. The van der Waals surface area contributed by atoms with E-state index in [1.807, 2.05) is 67.6 Å². The molecule has 25 heavy (non-hydrogen) atoms. The molecule has 0 spiro atoms. The van der Waals surface area contributed by atoms with Crippen molar-refractivity contribution < 1.29 is 18.1 Å². The number of aromatic hydroxyl groups is 1. The molecular weight excluding hydrogens is 336 g/mol. The van der Waals surface area contributed by atoms with Gasteiger partial charge in [0.05, 0.1) is 0 Å². The third-order valence-electron chi connectivity index (χ3n) is 4.26. The number of phenolic OH excluding ortho intramolecular Hbond substituents is 1. The number of benzene rings is 3. The van der Waals surface area contributed by atoms with Crippen LogP contribution in [0.5, 0.6) is 5.75 Å². The molecule has 128 valence electrons. The van der Waals surface area contributed by atoms with Crippen molar-refractivity contribution in [2.45, 2.75) is 17.7 Å². The van der Waals surface area contributed by atoms with Crippen LogP contribution in [0.2, 0.25) is 0 Å². The molecule has 0 aliphatic rings. The van der Waals surface area contributed by atoms with Gasteiger partial charge in [-0.05, 0) is 28.8 Å². The average Bonchev–Trinajstić information content (AvgIpc) is 2.62. The molecule has 1 unspecified atom stereocenters. The predicted molar refractivity (Wildman–Crippen MR) is 97.3 cm³/mol. The van der Waals surface area contributed by atoms with Crippen LogP contribution >= 0.6 is 0 Å². The van der Waals surface area contributed by atoms with Crippen LogP contribution in [0, 0.1) is 0 Å². The molecule has 5 heteroatoms. The van der Waals surface area contributed by atoms with Gasteiger partial charge in [0.15, 0.2) is 0 Å². The van der Waals surface area contributed by atoms with Crippen LogP contribution < -0.4 is 0 Å². The van der Waals surface area contributed by atoms with Crippen LogP contribution in [-0.2, 0) is 10.1 Å². The largest absolute Gasteiger partial charge is 0.506 e. The molecule has 0 heterocycles. The summed E-state index contributed by atoms with van der Waals surface area (Å²) in [6.07, 6.45) is 0. The Bertz CT molecular complexity index is 981. The summed E-state index contributed by atoms with van der Waals surface area (Å²) in [7, 11) is -4.55. The number of rotatable bonds is 4. The SMILES string of the molecule is CC(c1ccccc1)c1cc(-c2ccccc2)cc(S(=O)(=O)O)c1O. The van der Waals surface area contributed by atoms with Crippen molar-refractivity contribution in [2.24, 2.45) is 0 Å². The standard InChI is InChI=1S/C20H18O4S/c1-14(15-8-4-2-5-9-15)18-12-17(16-10-6-3-7-11-16)13-19(20(18)21)25(22,23)24/h2-14,21H,1H3,(H,22,23,24). The van der Waals surface area contributed by atoms with E-state index in [4.69, 9.17) is 0 Å². The van der Waals surface area contributed by atoms with E-state index in [9.17, 15) is 18.1 Å². The van der Waals surface area contributed by atoms with E-state index >= 15 is 0 Å². The second-order valence-corrected chi connectivity index (χ2v) is 7.28. The summed E-state index contributed by atoms with van der Waals surface area (Å²) in [6.45, 7) is 1.88. The molecule has 0 aliphatic heterocycles. The van der Waals surface area contributed by atoms with Crippen molar-refractivity contribution in [3.8, 4) is 16.9 Å². The van der Waals surface area contributed by atoms with Crippen LogP contribution in [0.15, 0.2) is 77.7 Å². The van der Waals surface area contributed by atoms with E-state index in [1.54, 1.807) is 6.07 Å². The second kappa shape index (κ2) is 6.70. The third-order valence-corrected chi connectivity index (χ3v) is 5.12.